The summed E-state index contributed by atoms with van der Waals surface area (Å²) in [5.41, 5.74) is 4.51. The van der Waals surface area contributed by atoms with Crippen molar-refractivity contribution in [3.8, 4) is 16.9 Å². The summed E-state index contributed by atoms with van der Waals surface area (Å²) in [7, 11) is 0. The highest BCUT2D eigenvalue weighted by molar-refractivity contribution is 6.30. The highest BCUT2D eigenvalue weighted by atomic mass is 35.5. The molecule has 4 rings (SSSR count). The number of halogens is 3. The Morgan fingerprint density at radius 1 is 0.966 bits per heavy atom. The van der Waals surface area contributed by atoms with Crippen LogP contribution in [0.1, 0.15) is 16.7 Å². The van der Waals surface area contributed by atoms with Gasteiger partial charge in [-0.05, 0) is 65.2 Å². The molecular formula is C24H20ClF2NO. The molecule has 0 saturated carbocycles. The zero-order valence-corrected chi connectivity index (χ0v) is 16.6. The Bertz CT molecular complexity index is 1070. The van der Waals surface area contributed by atoms with Crippen molar-refractivity contribution in [3.05, 3.63) is 101 Å². The molecule has 1 N–H and O–H groups in total. The third-order valence-corrected chi connectivity index (χ3v) is 5.54. The second-order valence-corrected chi connectivity index (χ2v) is 7.57. The van der Waals surface area contributed by atoms with Crippen LogP contribution in [0.4, 0.5) is 8.78 Å². The van der Waals surface area contributed by atoms with Gasteiger partial charge in [0.15, 0.2) is 0 Å². The molecule has 0 aliphatic carbocycles. The quantitative estimate of drug-likeness (QED) is 0.530. The standard InChI is InChI=1S/C24H20ClF2NO/c1-16-12-20(8-9-22(16)29-23(26)27)24(10-11-28-15-24)19-6-2-4-17(13-19)18-5-3-7-21(25)14-18/h2-14,23,28H,15H2,1H3. The molecule has 1 heterocycles. The lowest BCUT2D eigenvalue weighted by Gasteiger charge is -2.29. The van der Waals surface area contributed by atoms with E-state index in [-0.39, 0.29) is 5.75 Å². The predicted molar refractivity (Wildman–Crippen MR) is 113 cm³/mol. The third-order valence-electron chi connectivity index (χ3n) is 5.31. The number of nitrogens with one attached hydrogen (secondary N) is 1. The average molecular weight is 412 g/mol. The molecule has 1 unspecified atom stereocenters. The number of alkyl halides is 2. The summed E-state index contributed by atoms with van der Waals surface area (Å²) in [5, 5.41) is 3.98. The normalized spacial score (nSPS) is 18.1. The van der Waals surface area contributed by atoms with E-state index in [9.17, 15) is 8.78 Å². The van der Waals surface area contributed by atoms with Gasteiger partial charge in [-0.2, -0.15) is 8.78 Å². The van der Waals surface area contributed by atoms with Gasteiger partial charge in [0.2, 0.25) is 0 Å². The summed E-state index contributed by atoms with van der Waals surface area (Å²) in [6, 6.07) is 21.5. The van der Waals surface area contributed by atoms with Crippen LogP contribution in [-0.2, 0) is 5.41 Å². The van der Waals surface area contributed by atoms with Crippen LogP contribution in [0.25, 0.3) is 11.1 Å². The van der Waals surface area contributed by atoms with E-state index in [0.717, 1.165) is 22.3 Å². The number of aryl methyl sites for hydroxylation is 1. The fourth-order valence-electron chi connectivity index (χ4n) is 3.84. The lowest BCUT2D eigenvalue weighted by molar-refractivity contribution is -0.0503. The minimum absolute atomic E-state index is 0.196. The van der Waals surface area contributed by atoms with Gasteiger partial charge in [0.25, 0.3) is 0 Å². The third kappa shape index (κ3) is 3.85. The van der Waals surface area contributed by atoms with Crippen molar-refractivity contribution in [3.63, 3.8) is 0 Å². The first kappa shape index (κ1) is 19.5. The summed E-state index contributed by atoms with van der Waals surface area (Å²) in [5.74, 6) is 0.196. The van der Waals surface area contributed by atoms with Crippen LogP contribution < -0.4 is 10.1 Å². The maximum absolute atomic E-state index is 12.6. The molecule has 0 amide bonds. The van der Waals surface area contributed by atoms with Gasteiger partial charge < -0.3 is 10.1 Å². The van der Waals surface area contributed by atoms with E-state index in [4.69, 9.17) is 11.6 Å². The molecule has 3 aromatic rings. The topological polar surface area (TPSA) is 21.3 Å². The van der Waals surface area contributed by atoms with E-state index in [1.165, 1.54) is 0 Å². The zero-order valence-electron chi connectivity index (χ0n) is 15.8. The highest BCUT2D eigenvalue weighted by Crippen LogP contribution is 2.39. The van der Waals surface area contributed by atoms with Gasteiger partial charge in [0.05, 0.1) is 5.41 Å². The molecule has 0 fully saturated rings. The van der Waals surface area contributed by atoms with Gasteiger partial charge in [0, 0.05) is 11.6 Å². The van der Waals surface area contributed by atoms with Gasteiger partial charge in [-0.15, -0.1) is 0 Å². The average Bonchev–Trinajstić information content (AvgIpc) is 3.20. The van der Waals surface area contributed by atoms with Crippen LogP contribution in [0.2, 0.25) is 5.02 Å². The molecule has 0 saturated heterocycles. The molecule has 0 bridgehead atoms. The second-order valence-electron chi connectivity index (χ2n) is 7.14. The predicted octanol–water partition coefficient (Wildman–Crippen LogP) is 6.32. The van der Waals surface area contributed by atoms with Crippen molar-refractivity contribution in [1.29, 1.82) is 0 Å². The van der Waals surface area contributed by atoms with E-state index < -0.39 is 12.0 Å². The van der Waals surface area contributed by atoms with Crippen LogP contribution >= 0.6 is 11.6 Å². The summed E-state index contributed by atoms with van der Waals surface area (Å²) in [4.78, 5) is 0. The summed E-state index contributed by atoms with van der Waals surface area (Å²) >= 11 is 6.17. The van der Waals surface area contributed by atoms with Crippen molar-refractivity contribution < 1.29 is 13.5 Å². The van der Waals surface area contributed by atoms with Crippen molar-refractivity contribution in [2.45, 2.75) is 19.0 Å². The molecule has 3 aromatic carbocycles. The molecule has 0 radical (unpaired) electrons. The molecule has 1 aliphatic heterocycles. The summed E-state index contributed by atoms with van der Waals surface area (Å²) in [6.07, 6.45) is 4.05. The van der Waals surface area contributed by atoms with Gasteiger partial charge in [0.1, 0.15) is 5.75 Å². The number of benzene rings is 3. The number of ether oxygens (including phenoxy) is 1. The minimum atomic E-state index is -2.84. The smallest absolute Gasteiger partial charge is 0.387 e. The Morgan fingerprint density at radius 3 is 2.34 bits per heavy atom. The van der Waals surface area contributed by atoms with E-state index in [2.05, 4.69) is 34.3 Å². The Kier molecular flexibility index (Phi) is 5.29. The second kappa shape index (κ2) is 7.88. The fourth-order valence-corrected chi connectivity index (χ4v) is 4.03. The van der Waals surface area contributed by atoms with Crippen LogP contribution in [-0.4, -0.2) is 13.2 Å². The van der Waals surface area contributed by atoms with Crippen molar-refractivity contribution >= 4 is 11.6 Å². The van der Waals surface area contributed by atoms with E-state index in [1.54, 1.807) is 13.0 Å². The Hall–Kier alpha value is -2.85. The van der Waals surface area contributed by atoms with Gasteiger partial charge in [-0.25, -0.2) is 0 Å². The molecular weight excluding hydrogens is 392 g/mol. The fraction of sp³-hybridized carbons (Fsp3) is 0.167. The maximum atomic E-state index is 12.6. The van der Waals surface area contributed by atoms with Crippen molar-refractivity contribution in [1.82, 2.24) is 5.32 Å². The minimum Gasteiger partial charge on any atom is -0.435 e. The Balaban J connectivity index is 1.78. The van der Waals surface area contributed by atoms with Gasteiger partial charge in [-0.3, -0.25) is 0 Å². The first-order valence-electron chi connectivity index (χ1n) is 9.31. The molecule has 2 nitrogen and oxygen atoms in total. The summed E-state index contributed by atoms with van der Waals surface area (Å²) < 4.78 is 29.9. The van der Waals surface area contributed by atoms with Crippen LogP contribution in [0.5, 0.6) is 5.75 Å². The molecule has 1 aliphatic rings. The number of rotatable bonds is 5. The van der Waals surface area contributed by atoms with Crippen molar-refractivity contribution in [2.24, 2.45) is 0 Å². The zero-order chi connectivity index (χ0) is 20.4. The van der Waals surface area contributed by atoms with Crippen LogP contribution in [0.15, 0.2) is 79.0 Å². The maximum Gasteiger partial charge on any atom is 0.387 e. The molecule has 148 valence electrons. The lowest BCUT2D eigenvalue weighted by atomic mass is 9.74. The van der Waals surface area contributed by atoms with Gasteiger partial charge >= 0.3 is 6.61 Å². The van der Waals surface area contributed by atoms with E-state index >= 15 is 0 Å². The molecule has 0 aromatic heterocycles. The molecule has 0 spiro atoms. The van der Waals surface area contributed by atoms with Crippen LogP contribution in [0.3, 0.4) is 0 Å². The largest absolute Gasteiger partial charge is 0.435 e. The monoisotopic (exact) mass is 411 g/mol. The number of hydrogen-bond acceptors (Lipinski definition) is 2. The lowest BCUT2D eigenvalue weighted by Crippen LogP contribution is -2.31. The Morgan fingerprint density at radius 2 is 1.69 bits per heavy atom. The van der Waals surface area contributed by atoms with E-state index in [0.29, 0.717) is 17.1 Å². The molecule has 1 atom stereocenters. The molecule has 29 heavy (non-hydrogen) atoms. The SMILES string of the molecule is Cc1cc(C2(c3cccc(-c4cccc(Cl)c4)c3)C=CNC2)ccc1OC(F)F. The van der Waals surface area contributed by atoms with Crippen LogP contribution in [0, 0.1) is 6.92 Å². The Labute approximate surface area is 173 Å². The van der Waals surface area contributed by atoms with Crippen molar-refractivity contribution in [2.75, 3.05) is 6.54 Å². The first-order valence-corrected chi connectivity index (χ1v) is 9.69. The number of hydrogen-bond donors (Lipinski definition) is 1. The van der Waals surface area contributed by atoms with Gasteiger partial charge in [-0.1, -0.05) is 60.1 Å². The van der Waals surface area contributed by atoms with E-state index in [1.807, 2.05) is 48.7 Å². The molecule has 5 heteroatoms. The highest BCUT2D eigenvalue weighted by Gasteiger charge is 2.34. The summed E-state index contributed by atoms with van der Waals surface area (Å²) in [6.45, 7) is -0.375. The first-order chi connectivity index (χ1) is 14.0.